The summed E-state index contributed by atoms with van der Waals surface area (Å²) < 4.78 is 11.0. The zero-order valence-corrected chi connectivity index (χ0v) is 12.5. The maximum atomic E-state index is 12.2. The van der Waals surface area contributed by atoms with Gasteiger partial charge in [0.1, 0.15) is 5.76 Å². The molecule has 0 aliphatic heterocycles. The summed E-state index contributed by atoms with van der Waals surface area (Å²) in [7, 11) is 0. The summed E-state index contributed by atoms with van der Waals surface area (Å²) in [5.74, 6) is 0.661. The van der Waals surface area contributed by atoms with Crippen LogP contribution in [0, 0.1) is 12.3 Å². The third-order valence-electron chi connectivity index (χ3n) is 4.53. The van der Waals surface area contributed by atoms with Crippen molar-refractivity contribution < 1.29 is 19.1 Å². The van der Waals surface area contributed by atoms with Gasteiger partial charge in [-0.2, -0.15) is 0 Å². The van der Waals surface area contributed by atoms with Gasteiger partial charge in [0, 0.05) is 18.4 Å². The molecule has 1 aliphatic rings. The monoisotopic (exact) mass is 281 g/mol. The molecule has 5 nitrogen and oxygen atoms in total. The number of nitrogens with one attached hydrogen (secondary N) is 1. The first-order valence-electron chi connectivity index (χ1n) is 6.97. The number of carbonyl (C=O) groups excluding carboxylic acids is 1. The summed E-state index contributed by atoms with van der Waals surface area (Å²) in [6, 6.07) is 3.39. The van der Waals surface area contributed by atoms with Crippen LogP contribution in [0.5, 0.6) is 0 Å². The van der Waals surface area contributed by atoms with E-state index in [2.05, 4.69) is 5.32 Å². The molecule has 20 heavy (non-hydrogen) atoms. The fraction of sp³-hybridized carbons (Fsp3) is 0.667. The second kappa shape index (κ2) is 5.22. The predicted molar refractivity (Wildman–Crippen MR) is 74.5 cm³/mol. The second-order valence-electron chi connectivity index (χ2n) is 5.97. The van der Waals surface area contributed by atoms with Crippen molar-refractivity contribution in [1.82, 2.24) is 5.32 Å². The number of carbonyl (C=O) groups is 1. The first kappa shape index (κ1) is 15.1. The Morgan fingerprint density at radius 3 is 2.70 bits per heavy atom. The van der Waals surface area contributed by atoms with Crippen LogP contribution in [0.1, 0.15) is 43.5 Å². The Balaban J connectivity index is 2.12. The lowest BCUT2D eigenvalue weighted by Gasteiger charge is -2.60. The van der Waals surface area contributed by atoms with Gasteiger partial charge >= 0.3 is 0 Å². The van der Waals surface area contributed by atoms with Crippen molar-refractivity contribution in [2.75, 3.05) is 13.2 Å². The van der Waals surface area contributed by atoms with Gasteiger partial charge in [-0.25, -0.2) is 0 Å². The highest BCUT2D eigenvalue weighted by Crippen LogP contribution is 2.51. The predicted octanol–water partition coefficient (Wildman–Crippen LogP) is 1.88. The highest BCUT2D eigenvalue weighted by atomic mass is 16.5. The number of aliphatic hydroxyl groups is 1. The highest BCUT2D eigenvalue weighted by molar-refractivity contribution is 5.92. The number of hydrogen-bond acceptors (Lipinski definition) is 4. The van der Waals surface area contributed by atoms with Crippen LogP contribution in [-0.2, 0) is 4.74 Å². The fourth-order valence-corrected chi connectivity index (χ4v) is 2.84. The van der Waals surface area contributed by atoms with Crippen LogP contribution in [0.4, 0.5) is 0 Å². The maximum absolute atomic E-state index is 12.2. The van der Waals surface area contributed by atoms with Gasteiger partial charge in [-0.3, -0.25) is 4.79 Å². The van der Waals surface area contributed by atoms with E-state index in [4.69, 9.17) is 9.15 Å². The molecule has 5 heteroatoms. The molecule has 0 unspecified atom stereocenters. The lowest BCUT2D eigenvalue weighted by Crippen LogP contribution is -2.74. The molecule has 1 heterocycles. The first-order chi connectivity index (χ1) is 9.36. The maximum Gasteiger partial charge on any atom is 0.287 e. The second-order valence-corrected chi connectivity index (χ2v) is 5.97. The molecule has 1 amide bonds. The Morgan fingerprint density at radius 2 is 2.25 bits per heavy atom. The Labute approximate surface area is 119 Å². The minimum atomic E-state index is -0.662. The standard InChI is InChI=1S/C15H23NO4/c1-5-19-12-8-15(9-17,14(12,3)4)16-13(18)11-7-6-10(2)20-11/h6-7,12,17H,5,8-9H2,1-4H3,(H,16,18)/t12-,15-/m1/s1. The molecule has 1 fully saturated rings. The lowest BCUT2D eigenvalue weighted by molar-refractivity contribution is -0.172. The minimum Gasteiger partial charge on any atom is -0.456 e. The van der Waals surface area contributed by atoms with Crippen LogP contribution in [0.15, 0.2) is 16.5 Å². The van der Waals surface area contributed by atoms with Crippen LogP contribution < -0.4 is 5.32 Å². The van der Waals surface area contributed by atoms with Crippen molar-refractivity contribution in [3.63, 3.8) is 0 Å². The Kier molecular flexibility index (Phi) is 3.93. The van der Waals surface area contributed by atoms with E-state index in [1.807, 2.05) is 20.8 Å². The Morgan fingerprint density at radius 1 is 1.55 bits per heavy atom. The molecule has 0 saturated heterocycles. The molecule has 0 radical (unpaired) electrons. The molecule has 0 bridgehead atoms. The molecule has 0 spiro atoms. The van der Waals surface area contributed by atoms with E-state index in [-0.39, 0.29) is 29.8 Å². The highest BCUT2D eigenvalue weighted by Gasteiger charge is 2.61. The van der Waals surface area contributed by atoms with Crippen molar-refractivity contribution in [3.8, 4) is 0 Å². The van der Waals surface area contributed by atoms with E-state index in [0.717, 1.165) is 0 Å². The van der Waals surface area contributed by atoms with Crippen LogP contribution in [0.25, 0.3) is 0 Å². The number of aliphatic hydroxyl groups excluding tert-OH is 1. The smallest absolute Gasteiger partial charge is 0.287 e. The van der Waals surface area contributed by atoms with Gasteiger partial charge < -0.3 is 19.6 Å². The molecular formula is C15H23NO4. The largest absolute Gasteiger partial charge is 0.456 e. The van der Waals surface area contributed by atoms with Crippen molar-refractivity contribution >= 4 is 5.91 Å². The summed E-state index contributed by atoms with van der Waals surface area (Å²) >= 11 is 0. The van der Waals surface area contributed by atoms with Gasteiger partial charge in [-0.05, 0) is 26.0 Å². The van der Waals surface area contributed by atoms with Gasteiger partial charge in [0.15, 0.2) is 5.76 Å². The van der Waals surface area contributed by atoms with Crippen LogP contribution in [-0.4, -0.2) is 35.9 Å². The summed E-state index contributed by atoms with van der Waals surface area (Å²) in [5, 5.41) is 12.7. The number of furan rings is 1. The van der Waals surface area contributed by atoms with E-state index < -0.39 is 5.54 Å². The zero-order valence-electron chi connectivity index (χ0n) is 12.5. The SMILES string of the molecule is CCO[C@@H]1C[C@](CO)(NC(=O)c2ccc(C)o2)C1(C)C. The van der Waals surface area contributed by atoms with Crippen molar-refractivity contribution in [2.45, 2.75) is 45.8 Å². The molecule has 2 N–H and O–H groups in total. The number of ether oxygens (including phenoxy) is 1. The zero-order chi connectivity index (χ0) is 15.0. The molecule has 1 aromatic rings. The quantitative estimate of drug-likeness (QED) is 0.864. The van der Waals surface area contributed by atoms with E-state index in [0.29, 0.717) is 18.8 Å². The summed E-state index contributed by atoms with van der Waals surface area (Å²) in [6.07, 6.45) is 0.647. The Bertz CT molecular complexity index is 494. The molecule has 1 aromatic heterocycles. The average molecular weight is 281 g/mol. The number of amides is 1. The van der Waals surface area contributed by atoms with Gasteiger partial charge in [0.25, 0.3) is 5.91 Å². The molecule has 0 aromatic carbocycles. The summed E-state index contributed by atoms with van der Waals surface area (Å²) in [4.78, 5) is 12.2. The van der Waals surface area contributed by atoms with Gasteiger partial charge in [0.2, 0.25) is 0 Å². The van der Waals surface area contributed by atoms with Crippen LogP contribution in [0.3, 0.4) is 0 Å². The van der Waals surface area contributed by atoms with Gasteiger partial charge in [0.05, 0.1) is 18.2 Å². The molecule has 2 rings (SSSR count). The molecule has 2 atom stereocenters. The molecule has 1 aliphatic carbocycles. The van der Waals surface area contributed by atoms with E-state index >= 15 is 0 Å². The first-order valence-corrected chi connectivity index (χ1v) is 6.97. The van der Waals surface area contributed by atoms with Gasteiger partial charge in [-0.1, -0.05) is 13.8 Å². The summed E-state index contributed by atoms with van der Waals surface area (Å²) in [6.45, 7) is 8.24. The topological polar surface area (TPSA) is 71.7 Å². The average Bonchev–Trinajstić information content (AvgIpc) is 2.83. The number of rotatable bonds is 5. The minimum absolute atomic E-state index is 0.0401. The van der Waals surface area contributed by atoms with E-state index in [1.54, 1.807) is 19.1 Å². The summed E-state index contributed by atoms with van der Waals surface area (Å²) in [5.41, 5.74) is -0.986. The Hall–Kier alpha value is -1.33. The van der Waals surface area contributed by atoms with E-state index in [1.165, 1.54) is 0 Å². The van der Waals surface area contributed by atoms with Crippen molar-refractivity contribution in [2.24, 2.45) is 5.41 Å². The van der Waals surface area contributed by atoms with Gasteiger partial charge in [-0.15, -0.1) is 0 Å². The van der Waals surface area contributed by atoms with E-state index in [9.17, 15) is 9.90 Å². The lowest BCUT2D eigenvalue weighted by atomic mass is 9.54. The number of hydrogen-bond donors (Lipinski definition) is 2. The third-order valence-corrected chi connectivity index (χ3v) is 4.53. The fourth-order valence-electron chi connectivity index (χ4n) is 2.84. The molecular weight excluding hydrogens is 258 g/mol. The normalized spacial score (nSPS) is 27.9. The van der Waals surface area contributed by atoms with Crippen LogP contribution >= 0.6 is 0 Å². The molecule has 1 saturated carbocycles. The van der Waals surface area contributed by atoms with Crippen molar-refractivity contribution in [3.05, 3.63) is 23.7 Å². The third kappa shape index (κ3) is 2.25. The van der Waals surface area contributed by atoms with Crippen LogP contribution in [0.2, 0.25) is 0 Å². The van der Waals surface area contributed by atoms with Crippen molar-refractivity contribution in [1.29, 1.82) is 0 Å². The molecule has 112 valence electrons. The number of aryl methyl sites for hydroxylation is 1.